The lowest BCUT2D eigenvalue weighted by Gasteiger charge is -2.31. The summed E-state index contributed by atoms with van der Waals surface area (Å²) in [4.78, 5) is 14.3. The van der Waals surface area contributed by atoms with Gasteiger partial charge in [-0.15, -0.1) is 0 Å². The Morgan fingerprint density at radius 2 is 2.00 bits per heavy atom. The number of carbonyl (C=O) groups excluding carboxylic acids is 1. The van der Waals surface area contributed by atoms with Gasteiger partial charge in [-0.05, 0) is 54.1 Å². The largest absolute Gasteiger partial charge is 0.465 e. The molecular weight excluding hydrogens is 256 g/mol. The summed E-state index contributed by atoms with van der Waals surface area (Å²) in [5.41, 5.74) is -0.605. The summed E-state index contributed by atoms with van der Waals surface area (Å²) in [7, 11) is 3.77. The molecule has 0 aliphatic heterocycles. The summed E-state index contributed by atoms with van der Waals surface area (Å²) in [6.45, 7) is 10.9. The summed E-state index contributed by atoms with van der Waals surface area (Å²) < 4.78 is 10.2. The highest BCUT2D eigenvalue weighted by Gasteiger charge is 2.34. The molecule has 0 bridgehead atoms. The second-order valence-electron chi connectivity index (χ2n) is 5.75. The molecule has 0 aliphatic rings. The average Bonchev–Trinajstić information content (AvgIpc) is 2.35. The average molecular weight is 288 g/mol. The van der Waals surface area contributed by atoms with Crippen LogP contribution in [0, 0.1) is 0 Å². The van der Waals surface area contributed by atoms with Gasteiger partial charge in [0, 0.05) is 19.7 Å². The number of carbonyl (C=O) groups is 1. The van der Waals surface area contributed by atoms with Crippen molar-refractivity contribution in [3.63, 3.8) is 0 Å². The van der Waals surface area contributed by atoms with Crippen LogP contribution in [0.2, 0.25) is 0 Å². The molecule has 0 aromatic heterocycles. The Hall–Kier alpha value is -0.650. The van der Waals surface area contributed by atoms with Gasteiger partial charge < -0.3 is 14.4 Å². The minimum Gasteiger partial charge on any atom is -0.465 e. The van der Waals surface area contributed by atoms with E-state index in [0.717, 1.165) is 32.5 Å². The fourth-order valence-corrected chi connectivity index (χ4v) is 2.22. The lowest BCUT2D eigenvalue weighted by molar-refractivity contribution is -0.151. The third-order valence-corrected chi connectivity index (χ3v) is 3.23. The van der Waals surface area contributed by atoms with Gasteiger partial charge in [-0.1, -0.05) is 0 Å². The van der Waals surface area contributed by atoms with Crippen LogP contribution in [0.15, 0.2) is 0 Å². The molecule has 1 N–H and O–H groups in total. The van der Waals surface area contributed by atoms with Crippen molar-refractivity contribution in [3.05, 3.63) is 0 Å². The number of rotatable bonds is 11. The van der Waals surface area contributed by atoms with Crippen molar-refractivity contribution in [1.29, 1.82) is 0 Å². The molecule has 0 amide bonds. The number of nitrogens with one attached hydrogen (secondary N) is 1. The highest BCUT2D eigenvalue weighted by atomic mass is 16.5. The van der Waals surface area contributed by atoms with Gasteiger partial charge in [0.25, 0.3) is 0 Å². The standard InChI is InChI=1S/C15H32N2O3/c1-7-20-14(18)15(4,16-13(2)3)9-8-10-17(5)11-12-19-6/h13,16H,7-12H2,1-6H3. The Kier molecular flexibility index (Phi) is 9.80. The smallest absolute Gasteiger partial charge is 0.326 e. The molecule has 120 valence electrons. The summed E-state index contributed by atoms with van der Waals surface area (Å²) in [5, 5.41) is 3.34. The Bertz CT molecular complexity index is 272. The Balaban J connectivity index is 4.32. The van der Waals surface area contributed by atoms with E-state index in [0.29, 0.717) is 6.61 Å². The lowest BCUT2D eigenvalue weighted by atomic mass is 9.94. The van der Waals surface area contributed by atoms with Crippen molar-refractivity contribution >= 4 is 5.97 Å². The molecule has 0 spiro atoms. The zero-order chi connectivity index (χ0) is 15.6. The van der Waals surface area contributed by atoms with E-state index in [-0.39, 0.29) is 12.0 Å². The molecule has 0 radical (unpaired) electrons. The molecule has 0 saturated heterocycles. The number of hydrogen-bond donors (Lipinski definition) is 1. The zero-order valence-corrected chi connectivity index (χ0v) is 14.0. The summed E-state index contributed by atoms with van der Waals surface area (Å²) in [5.74, 6) is -0.159. The van der Waals surface area contributed by atoms with Crippen molar-refractivity contribution in [2.75, 3.05) is 40.5 Å². The van der Waals surface area contributed by atoms with Gasteiger partial charge >= 0.3 is 5.97 Å². The van der Waals surface area contributed by atoms with E-state index in [2.05, 4.69) is 17.3 Å². The Morgan fingerprint density at radius 1 is 1.35 bits per heavy atom. The van der Waals surface area contributed by atoms with Crippen LogP contribution in [-0.2, 0) is 14.3 Å². The minimum absolute atomic E-state index is 0.159. The predicted molar refractivity (Wildman–Crippen MR) is 81.9 cm³/mol. The summed E-state index contributed by atoms with van der Waals surface area (Å²) >= 11 is 0. The van der Waals surface area contributed by atoms with Crippen LogP contribution in [-0.4, -0.2) is 62.9 Å². The van der Waals surface area contributed by atoms with Crippen molar-refractivity contribution in [2.45, 2.75) is 52.1 Å². The number of likely N-dealkylation sites (N-methyl/N-ethyl adjacent to an activating group) is 1. The lowest BCUT2D eigenvalue weighted by Crippen LogP contribution is -2.53. The van der Waals surface area contributed by atoms with E-state index < -0.39 is 5.54 Å². The van der Waals surface area contributed by atoms with Crippen LogP contribution >= 0.6 is 0 Å². The number of esters is 1. The second kappa shape index (κ2) is 10.1. The monoisotopic (exact) mass is 288 g/mol. The van der Waals surface area contributed by atoms with Crippen LogP contribution in [0.1, 0.15) is 40.5 Å². The molecule has 0 heterocycles. The van der Waals surface area contributed by atoms with E-state index in [1.54, 1.807) is 7.11 Å². The Labute approximate surface area is 124 Å². The maximum Gasteiger partial charge on any atom is 0.326 e. The molecule has 1 unspecified atom stereocenters. The predicted octanol–water partition coefficient (Wildman–Crippen LogP) is 1.66. The van der Waals surface area contributed by atoms with Crippen molar-refractivity contribution in [1.82, 2.24) is 10.2 Å². The van der Waals surface area contributed by atoms with Gasteiger partial charge in [0.05, 0.1) is 13.2 Å². The van der Waals surface area contributed by atoms with Crippen molar-refractivity contribution in [2.24, 2.45) is 0 Å². The van der Waals surface area contributed by atoms with Gasteiger partial charge in [0.2, 0.25) is 0 Å². The summed E-state index contributed by atoms with van der Waals surface area (Å²) in [6.07, 6.45) is 1.70. The van der Waals surface area contributed by atoms with Gasteiger partial charge in [0.1, 0.15) is 5.54 Å². The number of methoxy groups -OCH3 is 1. The molecule has 1 atom stereocenters. The van der Waals surface area contributed by atoms with Crippen molar-refractivity contribution in [3.8, 4) is 0 Å². The first kappa shape index (κ1) is 19.4. The number of hydrogen-bond acceptors (Lipinski definition) is 5. The molecule has 5 nitrogen and oxygen atoms in total. The van der Waals surface area contributed by atoms with Crippen molar-refractivity contribution < 1.29 is 14.3 Å². The fourth-order valence-electron chi connectivity index (χ4n) is 2.22. The van der Waals surface area contributed by atoms with E-state index in [9.17, 15) is 4.79 Å². The highest BCUT2D eigenvalue weighted by Crippen LogP contribution is 2.16. The first-order chi connectivity index (χ1) is 9.35. The first-order valence-corrected chi connectivity index (χ1v) is 7.48. The quantitative estimate of drug-likeness (QED) is 0.586. The van der Waals surface area contributed by atoms with E-state index in [4.69, 9.17) is 9.47 Å². The molecule has 0 saturated carbocycles. The molecular formula is C15H32N2O3. The van der Waals surface area contributed by atoms with Crippen LogP contribution in [0.5, 0.6) is 0 Å². The second-order valence-corrected chi connectivity index (χ2v) is 5.75. The normalized spacial score (nSPS) is 14.6. The fraction of sp³-hybridized carbons (Fsp3) is 0.933. The third kappa shape index (κ3) is 7.82. The molecule has 5 heteroatoms. The van der Waals surface area contributed by atoms with E-state index in [1.165, 1.54) is 0 Å². The number of nitrogens with zero attached hydrogens (tertiary/aromatic N) is 1. The maximum absolute atomic E-state index is 12.1. The first-order valence-electron chi connectivity index (χ1n) is 7.48. The molecule has 0 fully saturated rings. The van der Waals surface area contributed by atoms with Crippen LogP contribution < -0.4 is 5.32 Å². The number of ether oxygens (including phenoxy) is 2. The van der Waals surface area contributed by atoms with E-state index in [1.807, 2.05) is 27.7 Å². The minimum atomic E-state index is -0.605. The summed E-state index contributed by atoms with van der Waals surface area (Å²) in [6, 6.07) is 0.246. The molecule has 0 rings (SSSR count). The molecule has 0 aliphatic carbocycles. The molecule has 0 aromatic rings. The molecule has 0 aromatic carbocycles. The SMILES string of the molecule is CCOC(=O)C(C)(CCCN(C)CCOC)NC(C)C. The zero-order valence-electron chi connectivity index (χ0n) is 14.0. The van der Waals surface area contributed by atoms with Gasteiger partial charge in [-0.3, -0.25) is 10.1 Å². The van der Waals surface area contributed by atoms with Gasteiger partial charge in [-0.25, -0.2) is 0 Å². The van der Waals surface area contributed by atoms with E-state index >= 15 is 0 Å². The van der Waals surface area contributed by atoms with Gasteiger partial charge in [-0.2, -0.15) is 0 Å². The highest BCUT2D eigenvalue weighted by molar-refractivity contribution is 5.80. The van der Waals surface area contributed by atoms with Crippen LogP contribution in [0.3, 0.4) is 0 Å². The topological polar surface area (TPSA) is 50.8 Å². The van der Waals surface area contributed by atoms with Gasteiger partial charge in [0.15, 0.2) is 0 Å². The maximum atomic E-state index is 12.1. The van der Waals surface area contributed by atoms with Crippen LogP contribution in [0.25, 0.3) is 0 Å². The van der Waals surface area contributed by atoms with Crippen LogP contribution in [0.4, 0.5) is 0 Å². The molecule has 20 heavy (non-hydrogen) atoms. The third-order valence-electron chi connectivity index (χ3n) is 3.23. The Morgan fingerprint density at radius 3 is 2.50 bits per heavy atom.